The van der Waals surface area contributed by atoms with Gasteiger partial charge in [0.1, 0.15) is 11.8 Å². The number of methoxy groups -OCH3 is 1. The van der Waals surface area contributed by atoms with Gasteiger partial charge in [-0.15, -0.1) is 0 Å². The van der Waals surface area contributed by atoms with Crippen LogP contribution in [0.3, 0.4) is 0 Å². The van der Waals surface area contributed by atoms with Crippen LogP contribution in [0.5, 0.6) is 0 Å². The second kappa shape index (κ2) is 5.16. The van der Waals surface area contributed by atoms with Gasteiger partial charge in [0.15, 0.2) is 5.69 Å². The quantitative estimate of drug-likeness (QED) is 0.613. The molecule has 0 bridgehead atoms. The molecule has 16 heavy (non-hydrogen) atoms. The predicted molar refractivity (Wildman–Crippen MR) is 58.0 cm³/mol. The second-order valence-corrected chi connectivity index (χ2v) is 3.74. The third-order valence-corrected chi connectivity index (χ3v) is 2.79. The summed E-state index contributed by atoms with van der Waals surface area (Å²) in [5.74, 6) is -0.844. The number of nitriles is 1. The third-order valence-electron chi connectivity index (χ3n) is 1.70. The number of esters is 1. The van der Waals surface area contributed by atoms with E-state index in [0.717, 1.165) is 13.2 Å². The van der Waals surface area contributed by atoms with Crippen LogP contribution in [0.2, 0.25) is 0 Å². The van der Waals surface area contributed by atoms with Gasteiger partial charge in [0, 0.05) is 0 Å². The molecule has 0 atom stereocenters. The van der Waals surface area contributed by atoms with Crippen LogP contribution >= 0.6 is 22.6 Å². The molecule has 0 fully saturated rings. The van der Waals surface area contributed by atoms with Gasteiger partial charge in [-0.05, 0) is 28.7 Å². The van der Waals surface area contributed by atoms with Crippen molar-refractivity contribution in [2.24, 2.45) is 0 Å². The van der Waals surface area contributed by atoms with E-state index in [1.807, 2.05) is 0 Å². The lowest BCUT2D eigenvalue weighted by molar-refractivity contribution is 0.0591. The molecule has 1 heterocycles. The van der Waals surface area contributed by atoms with E-state index < -0.39 is 18.1 Å². The average Bonchev–Trinajstić information content (AvgIpc) is 2.28. The molecule has 0 aliphatic rings. The van der Waals surface area contributed by atoms with Crippen LogP contribution in [0.4, 0.5) is 8.78 Å². The summed E-state index contributed by atoms with van der Waals surface area (Å²) < 4.78 is 29.5. The minimum absolute atomic E-state index is 0.0219. The van der Waals surface area contributed by atoms with Crippen molar-refractivity contribution in [2.45, 2.75) is 6.43 Å². The molecule has 1 rings (SSSR count). The molecule has 4 nitrogen and oxygen atoms in total. The van der Waals surface area contributed by atoms with Crippen molar-refractivity contribution in [3.05, 3.63) is 26.6 Å². The number of hydrogen-bond donors (Lipinski definition) is 0. The molecule has 0 aromatic carbocycles. The molecular weight excluding hydrogens is 333 g/mol. The highest BCUT2D eigenvalue weighted by atomic mass is 127. The van der Waals surface area contributed by atoms with Gasteiger partial charge in [0.05, 0.1) is 16.2 Å². The molecule has 0 aliphatic heterocycles. The molecule has 1 aromatic heterocycles. The lowest BCUT2D eigenvalue weighted by Crippen LogP contribution is -2.10. The third kappa shape index (κ3) is 2.44. The first-order valence-corrected chi connectivity index (χ1v) is 5.06. The van der Waals surface area contributed by atoms with Crippen molar-refractivity contribution in [2.75, 3.05) is 7.11 Å². The smallest absolute Gasteiger partial charge is 0.357 e. The van der Waals surface area contributed by atoms with E-state index in [-0.39, 0.29) is 14.8 Å². The number of hydrogen-bond acceptors (Lipinski definition) is 4. The van der Waals surface area contributed by atoms with Crippen LogP contribution in [-0.2, 0) is 4.74 Å². The molecule has 0 unspecified atom stereocenters. The summed E-state index contributed by atoms with van der Waals surface area (Å²) >= 11 is 1.69. The minimum Gasteiger partial charge on any atom is -0.464 e. The number of ether oxygens (including phenoxy) is 1. The Bertz CT molecular complexity index is 471. The van der Waals surface area contributed by atoms with E-state index in [4.69, 9.17) is 5.26 Å². The molecular formula is C9H5F2IN2O2. The molecule has 7 heteroatoms. The SMILES string of the molecule is COC(=O)c1nc(C(F)F)cc(C#N)c1I. The summed E-state index contributed by atoms with van der Waals surface area (Å²) in [6.07, 6.45) is -2.84. The van der Waals surface area contributed by atoms with E-state index >= 15 is 0 Å². The Morgan fingerprint density at radius 2 is 2.31 bits per heavy atom. The Kier molecular flexibility index (Phi) is 4.12. The normalized spacial score (nSPS) is 10.0. The number of halogens is 3. The van der Waals surface area contributed by atoms with Crippen LogP contribution in [0.15, 0.2) is 6.07 Å². The fraction of sp³-hybridized carbons (Fsp3) is 0.222. The van der Waals surface area contributed by atoms with Crippen LogP contribution in [-0.4, -0.2) is 18.1 Å². The van der Waals surface area contributed by atoms with Crippen LogP contribution < -0.4 is 0 Å². The molecule has 0 N–H and O–H groups in total. The minimum atomic E-state index is -2.84. The van der Waals surface area contributed by atoms with Crippen LogP contribution in [0, 0.1) is 14.9 Å². The number of pyridine rings is 1. The summed E-state index contributed by atoms with van der Waals surface area (Å²) in [6, 6.07) is 2.68. The Balaban J connectivity index is 3.43. The molecule has 0 radical (unpaired) electrons. The summed E-state index contributed by atoms with van der Waals surface area (Å²) in [5, 5.41) is 8.72. The maximum absolute atomic E-state index is 12.4. The van der Waals surface area contributed by atoms with Gasteiger partial charge < -0.3 is 4.74 Å². The van der Waals surface area contributed by atoms with Crippen molar-refractivity contribution in [1.29, 1.82) is 5.26 Å². The summed E-state index contributed by atoms with van der Waals surface area (Å²) in [4.78, 5) is 14.7. The van der Waals surface area contributed by atoms with E-state index in [1.165, 1.54) is 0 Å². The zero-order valence-electron chi connectivity index (χ0n) is 8.00. The van der Waals surface area contributed by atoms with E-state index in [0.29, 0.717) is 0 Å². The summed E-state index contributed by atoms with van der Waals surface area (Å²) in [6.45, 7) is 0. The van der Waals surface area contributed by atoms with Gasteiger partial charge in [-0.2, -0.15) is 5.26 Å². The van der Waals surface area contributed by atoms with Crippen molar-refractivity contribution in [3.63, 3.8) is 0 Å². The Labute approximate surface area is 103 Å². The van der Waals surface area contributed by atoms with Gasteiger partial charge in [0.2, 0.25) is 0 Å². The molecule has 0 saturated heterocycles. The molecule has 84 valence electrons. The largest absolute Gasteiger partial charge is 0.464 e. The van der Waals surface area contributed by atoms with Gasteiger partial charge in [-0.1, -0.05) is 0 Å². The number of carbonyl (C=O) groups excluding carboxylic acids is 1. The number of alkyl halides is 2. The number of nitrogens with zero attached hydrogens (tertiary/aromatic N) is 2. The van der Waals surface area contributed by atoms with E-state index in [1.54, 1.807) is 28.7 Å². The van der Waals surface area contributed by atoms with Crippen LogP contribution in [0.1, 0.15) is 28.2 Å². The van der Waals surface area contributed by atoms with Gasteiger partial charge >= 0.3 is 5.97 Å². The molecule has 0 spiro atoms. The van der Waals surface area contributed by atoms with Crippen molar-refractivity contribution < 1.29 is 18.3 Å². The highest BCUT2D eigenvalue weighted by Crippen LogP contribution is 2.23. The van der Waals surface area contributed by atoms with Crippen molar-refractivity contribution >= 4 is 28.6 Å². The average molecular weight is 338 g/mol. The zero-order valence-corrected chi connectivity index (χ0v) is 10.2. The van der Waals surface area contributed by atoms with Crippen molar-refractivity contribution in [1.82, 2.24) is 4.98 Å². The summed E-state index contributed by atoms with van der Waals surface area (Å²) in [7, 11) is 1.11. The predicted octanol–water partition coefficient (Wildman–Crippen LogP) is 2.28. The highest BCUT2D eigenvalue weighted by molar-refractivity contribution is 14.1. The Morgan fingerprint density at radius 3 is 2.75 bits per heavy atom. The van der Waals surface area contributed by atoms with Gasteiger partial charge in [0.25, 0.3) is 6.43 Å². The Hall–Kier alpha value is -1.30. The molecule has 0 saturated carbocycles. The first kappa shape index (κ1) is 12.8. The van der Waals surface area contributed by atoms with Gasteiger partial charge in [-0.3, -0.25) is 0 Å². The van der Waals surface area contributed by atoms with E-state index in [9.17, 15) is 13.6 Å². The molecule has 1 aromatic rings. The van der Waals surface area contributed by atoms with Gasteiger partial charge in [-0.25, -0.2) is 18.6 Å². The second-order valence-electron chi connectivity index (χ2n) is 2.66. The van der Waals surface area contributed by atoms with E-state index in [2.05, 4.69) is 9.72 Å². The lowest BCUT2D eigenvalue weighted by Gasteiger charge is -2.06. The first-order valence-electron chi connectivity index (χ1n) is 3.98. The Morgan fingerprint density at radius 1 is 1.69 bits per heavy atom. The maximum Gasteiger partial charge on any atom is 0.357 e. The molecule has 0 aliphatic carbocycles. The zero-order chi connectivity index (χ0) is 12.3. The number of carbonyl (C=O) groups is 1. The number of rotatable bonds is 2. The van der Waals surface area contributed by atoms with Crippen molar-refractivity contribution in [3.8, 4) is 6.07 Å². The first-order chi connectivity index (χ1) is 7.51. The van der Waals surface area contributed by atoms with Crippen LogP contribution in [0.25, 0.3) is 0 Å². The summed E-state index contributed by atoms with van der Waals surface area (Å²) in [5.41, 5.74) is -0.902. The monoisotopic (exact) mass is 338 g/mol. The standard InChI is InChI=1S/C9H5F2IN2O2/c1-16-9(15)7-6(12)4(3-13)2-5(14-7)8(10)11/h2,8H,1H3. The number of aromatic nitrogens is 1. The highest BCUT2D eigenvalue weighted by Gasteiger charge is 2.20. The fourth-order valence-corrected chi connectivity index (χ4v) is 1.59. The molecule has 0 amide bonds. The lowest BCUT2D eigenvalue weighted by atomic mass is 10.2. The maximum atomic E-state index is 12.4. The topological polar surface area (TPSA) is 63.0 Å². The fourth-order valence-electron chi connectivity index (χ4n) is 0.974.